The van der Waals surface area contributed by atoms with Crippen LogP contribution in [0.15, 0.2) is 12.1 Å². The first-order valence-corrected chi connectivity index (χ1v) is 8.61. The summed E-state index contributed by atoms with van der Waals surface area (Å²) in [5, 5.41) is 4.13. The van der Waals surface area contributed by atoms with Crippen LogP contribution in [0, 0.1) is 5.92 Å². The second kappa shape index (κ2) is 6.57. The number of nitrogens with two attached hydrogens (primary N) is 1. The summed E-state index contributed by atoms with van der Waals surface area (Å²) >= 11 is 2.07. The molecule has 0 radical (unpaired) electrons. The lowest BCUT2D eigenvalue weighted by Crippen LogP contribution is -2.20. The molecule has 0 aromatic carbocycles. The number of pyridine rings is 1. The minimum absolute atomic E-state index is 0.582. The van der Waals surface area contributed by atoms with Gasteiger partial charge in [0.1, 0.15) is 5.82 Å². The van der Waals surface area contributed by atoms with Crippen molar-refractivity contribution < 1.29 is 4.74 Å². The lowest BCUT2D eigenvalue weighted by atomic mass is 10.2. The molecule has 0 bridgehead atoms. The van der Waals surface area contributed by atoms with Gasteiger partial charge in [0.25, 0.3) is 0 Å². The number of thioether (sulfide) groups is 1. The van der Waals surface area contributed by atoms with E-state index in [1.54, 1.807) is 0 Å². The Hall–Kier alpha value is -1.10. The molecule has 1 aromatic heterocycles. The minimum atomic E-state index is 0.582. The molecular formula is C15H23N3OS. The van der Waals surface area contributed by atoms with Gasteiger partial charge in [-0.1, -0.05) is 6.42 Å². The van der Waals surface area contributed by atoms with Gasteiger partial charge in [0.05, 0.1) is 12.3 Å². The lowest BCUT2D eigenvalue weighted by molar-refractivity contribution is 0.290. The van der Waals surface area contributed by atoms with Gasteiger partial charge in [0, 0.05) is 11.8 Å². The number of nitrogens with zero attached hydrogens (tertiary/aromatic N) is 1. The fourth-order valence-corrected chi connectivity index (χ4v) is 3.57. The maximum Gasteiger partial charge on any atom is 0.239 e. The quantitative estimate of drug-likeness (QED) is 0.843. The Morgan fingerprint density at radius 1 is 1.30 bits per heavy atom. The molecule has 1 saturated carbocycles. The Labute approximate surface area is 124 Å². The van der Waals surface area contributed by atoms with E-state index in [1.807, 2.05) is 12.1 Å². The third kappa shape index (κ3) is 3.95. The summed E-state index contributed by atoms with van der Waals surface area (Å²) in [5.74, 6) is 3.46. The van der Waals surface area contributed by atoms with Crippen molar-refractivity contribution in [1.29, 1.82) is 0 Å². The third-order valence-electron chi connectivity index (χ3n) is 3.83. The smallest absolute Gasteiger partial charge is 0.239 e. The highest BCUT2D eigenvalue weighted by Gasteiger charge is 2.22. The van der Waals surface area contributed by atoms with Crippen LogP contribution in [0.1, 0.15) is 32.1 Å². The molecule has 5 heteroatoms. The van der Waals surface area contributed by atoms with Crippen LogP contribution in [0.2, 0.25) is 0 Å². The maximum absolute atomic E-state index is 5.92. The maximum atomic E-state index is 5.92. The topological polar surface area (TPSA) is 60.2 Å². The van der Waals surface area contributed by atoms with Crippen LogP contribution < -0.4 is 15.8 Å². The van der Waals surface area contributed by atoms with Crippen molar-refractivity contribution in [1.82, 2.24) is 4.98 Å². The van der Waals surface area contributed by atoms with Crippen molar-refractivity contribution >= 4 is 23.3 Å². The summed E-state index contributed by atoms with van der Waals surface area (Å²) in [6.45, 7) is 1.72. The van der Waals surface area contributed by atoms with Crippen LogP contribution in [-0.4, -0.2) is 29.1 Å². The molecule has 4 nitrogen and oxygen atoms in total. The Morgan fingerprint density at radius 2 is 2.20 bits per heavy atom. The second-order valence-corrected chi connectivity index (χ2v) is 7.12. The van der Waals surface area contributed by atoms with E-state index in [9.17, 15) is 0 Å². The molecule has 0 amide bonds. The number of hydrogen-bond acceptors (Lipinski definition) is 5. The SMILES string of the molecule is Nc1ccc(NCC2CCCCS2)nc1OCC1CC1. The summed E-state index contributed by atoms with van der Waals surface area (Å²) in [6, 6.07) is 3.82. The average molecular weight is 293 g/mol. The predicted octanol–water partition coefficient (Wildman–Crippen LogP) is 3.15. The summed E-state index contributed by atoms with van der Waals surface area (Å²) in [7, 11) is 0. The normalized spacial score (nSPS) is 22.5. The van der Waals surface area contributed by atoms with Crippen LogP contribution in [0.3, 0.4) is 0 Å². The number of aromatic nitrogens is 1. The molecule has 0 spiro atoms. The Balaban J connectivity index is 1.53. The molecular weight excluding hydrogens is 270 g/mol. The monoisotopic (exact) mass is 293 g/mol. The molecule has 20 heavy (non-hydrogen) atoms. The van der Waals surface area contributed by atoms with Crippen molar-refractivity contribution in [3.8, 4) is 5.88 Å². The second-order valence-electron chi connectivity index (χ2n) is 5.71. The Morgan fingerprint density at radius 3 is 2.95 bits per heavy atom. The Kier molecular flexibility index (Phi) is 4.55. The highest BCUT2D eigenvalue weighted by molar-refractivity contribution is 7.99. The summed E-state index contributed by atoms with van der Waals surface area (Å²) in [4.78, 5) is 4.49. The number of anilines is 2. The molecule has 1 atom stereocenters. The van der Waals surface area contributed by atoms with Gasteiger partial charge in [-0.25, -0.2) is 0 Å². The molecule has 3 N–H and O–H groups in total. The van der Waals surface area contributed by atoms with E-state index >= 15 is 0 Å². The number of nitrogens with one attached hydrogen (secondary N) is 1. The van der Waals surface area contributed by atoms with E-state index in [1.165, 1.54) is 37.9 Å². The van der Waals surface area contributed by atoms with E-state index in [0.717, 1.165) is 19.0 Å². The molecule has 1 unspecified atom stereocenters. The first-order chi connectivity index (χ1) is 9.81. The molecule has 1 aliphatic heterocycles. The molecule has 110 valence electrons. The van der Waals surface area contributed by atoms with Gasteiger partial charge in [0.2, 0.25) is 5.88 Å². The Bertz CT molecular complexity index is 445. The zero-order valence-electron chi connectivity index (χ0n) is 11.8. The summed E-state index contributed by atoms with van der Waals surface area (Å²) in [5.41, 5.74) is 6.54. The third-order valence-corrected chi connectivity index (χ3v) is 5.23. The lowest BCUT2D eigenvalue weighted by Gasteiger charge is -2.21. The fraction of sp³-hybridized carbons (Fsp3) is 0.667. The molecule has 2 aliphatic rings. The molecule has 2 fully saturated rings. The summed E-state index contributed by atoms with van der Waals surface area (Å²) in [6.07, 6.45) is 6.57. The molecule has 1 saturated heterocycles. The predicted molar refractivity (Wildman–Crippen MR) is 85.5 cm³/mol. The average Bonchev–Trinajstić information content (AvgIpc) is 3.30. The van der Waals surface area contributed by atoms with Gasteiger partial charge < -0.3 is 15.8 Å². The highest BCUT2D eigenvalue weighted by Crippen LogP contribution is 2.31. The van der Waals surface area contributed by atoms with Gasteiger partial charge in [-0.3, -0.25) is 0 Å². The van der Waals surface area contributed by atoms with Crippen molar-refractivity contribution in [2.75, 3.05) is 30.0 Å². The van der Waals surface area contributed by atoms with E-state index in [2.05, 4.69) is 22.1 Å². The highest BCUT2D eigenvalue weighted by atomic mass is 32.2. The van der Waals surface area contributed by atoms with Crippen molar-refractivity contribution in [3.05, 3.63) is 12.1 Å². The molecule has 1 aliphatic carbocycles. The van der Waals surface area contributed by atoms with E-state index in [4.69, 9.17) is 10.5 Å². The van der Waals surface area contributed by atoms with E-state index < -0.39 is 0 Å². The van der Waals surface area contributed by atoms with Gasteiger partial charge in [-0.2, -0.15) is 16.7 Å². The molecule has 2 heterocycles. The molecule has 3 rings (SSSR count). The van der Waals surface area contributed by atoms with Gasteiger partial charge in [0.15, 0.2) is 0 Å². The first kappa shape index (κ1) is 13.9. The number of ether oxygens (including phenoxy) is 1. The zero-order chi connectivity index (χ0) is 13.8. The van der Waals surface area contributed by atoms with Crippen molar-refractivity contribution in [2.24, 2.45) is 5.92 Å². The first-order valence-electron chi connectivity index (χ1n) is 7.56. The van der Waals surface area contributed by atoms with Crippen LogP contribution >= 0.6 is 11.8 Å². The fourth-order valence-electron chi connectivity index (χ4n) is 2.33. The number of rotatable bonds is 6. The largest absolute Gasteiger partial charge is 0.476 e. The van der Waals surface area contributed by atoms with Crippen LogP contribution in [0.5, 0.6) is 5.88 Å². The number of hydrogen-bond donors (Lipinski definition) is 2. The van der Waals surface area contributed by atoms with Crippen molar-refractivity contribution in [2.45, 2.75) is 37.4 Å². The molecule has 1 aromatic rings. The van der Waals surface area contributed by atoms with Crippen molar-refractivity contribution in [3.63, 3.8) is 0 Å². The van der Waals surface area contributed by atoms with Gasteiger partial charge >= 0.3 is 0 Å². The van der Waals surface area contributed by atoms with Gasteiger partial charge in [-0.05, 0) is 49.5 Å². The standard InChI is InChI=1S/C15H23N3OS/c16-13-6-7-14(17-9-12-3-1-2-8-20-12)18-15(13)19-10-11-4-5-11/h6-7,11-12H,1-5,8-10,16H2,(H,17,18). The van der Waals surface area contributed by atoms with Crippen LogP contribution in [0.25, 0.3) is 0 Å². The summed E-state index contributed by atoms with van der Waals surface area (Å²) < 4.78 is 5.71. The zero-order valence-corrected chi connectivity index (χ0v) is 12.6. The van der Waals surface area contributed by atoms with E-state index in [0.29, 0.717) is 22.7 Å². The number of nitrogen functional groups attached to an aromatic ring is 1. The van der Waals surface area contributed by atoms with Crippen LogP contribution in [0.4, 0.5) is 11.5 Å². The van der Waals surface area contributed by atoms with Crippen LogP contribution in [-0.2, 0) is 0 Å². The van der Waals surface area contributed by atoms with Gasteiger partial charge in [-0.15, -0.1) is 0 Å². The van der Waals surface area contributed by atoms with E-state index in [-0.39, 0.29) is 0 Å². The minimum Gasteiger partial charge on any atom is -0.476 e.